The second-order valence-corrected chi connectivity index (χ2v) is 27.2. The summed E-state index contributed by atoms with van der Waals surface area (Å²) in [6.07, 6.45) is 8.13. The zero-order valence-electron chi connectivity index (χ0n) is 16.8. The molecule has 168 valence electrons. The van der Waals surface area contributed by atoms with Gasteiger partial charge >= 0.3 is 233 Å². The summed E-state index contributed by atoms with van der Waals surface area (Å²) >= 11 is 13.6. The number of fused-ring (bicyclic) bond motifs is 1. The van der Waals surface area contributed by atoms with Gasteiger partial charge in [0.15, 0.2) is 0 Å². The number of hydrogen-bond donors (Lipinski definition) is 2. The minimum atomic E-state index is -0.679. The summed E-state index contributed by atoms with van der Waals surface area (Å²) < 4.78 is 3.61. The fourth-order valence-corrected chi connectivity index (χ4v) is 35.9. The molecule has 2 aliphatic rings. The predicted molar refractivity (Wildman–Crippen MR) is 145 cm³/mol. The van der Waals surface area contributed by atoms with Crippen molar-refractivity contribution in [2.24, 2.45) is 0 Å². The van der Waals surface area contributed by atoms with Crippen molar-refractivity contribution in [3.8, 4) is 11.5 Å². The van der Waals surface area contributed by atoms with Crippen LogP contribution in [0.5, 0.6) is 11.5 Å². The van der Waals surface area contributed by atoms with Crippen molar-refractivity contribution in [3.05, 3.63) is 53.3 Å². The molecule has 4 rings (SSSR count). The van der Waals surface area contributed by atoms with E-state index >= 15 is 0 Å². The van der Waals surface area contributed by atoms with Gasteiger partial charge in [-0.2, -0.15) is 0 Å². The van der Waals surface area contributed by atoms with E-state index in [4.69, 9.17) is 0 Å². The molecule has 31 heavy (non-hydrogen) atoms. The van der Waals surface area contributed by atoms with Crippen molar-refractivity contribution in [1.29, 1.82) is 0 Å². The number of phenolic OH excluding ortho intramolecular Hbond substituents is 2. The Morgan fingerprint density at radius 3 is 1.55 bits per heavy atom. The number of halogens is 4. The van der Waals surface area contributed by atoms with E-state index in [2.05, 4.69) is 75.9 Å². The summed E-state index contributed by atoms with van der Waals surface area (Å²) in [5.41, 5.74) is 2.18. The average Bonchev–Trinajstić information content (AvgIpc) is 2.98. The van der Waals surface area contributed by atoms with Crippen LogP contribution >= 0.6 is 78.0 Å². The van der Waals surface area contributed by atoms with E-state index in [-0.39, 0.29) is 0 Å². The first-order valence-electron chi connectivity index (χ1n) is 10.3. The molecule has 2 aromatic rings. The van der Waals surface area contributed by atoms with Crippen LogP contribution in [-0.4, -0.2) is 20.7 Å². The van der Waals surface area contributed by atoms with Gasteiger partial charge in [-0.1, -0.05) is 0 Å². The Bertz CT molecular complexity index is 1000. The van der Waals surface area contributed by atoms with Crippen molar-refractivity contribution in [2.75, 3.05) is 0 Å². The number of benzene rings is 2. The Kier molecular flexibility index (Phi) is 9.52. The first-order chi connectivity index (χ1) is 14.8. The zero-order valence-corrected chi connectivity index (χ0v) is 27.3. The second-order valence-electron chi connectivity index (χ2n) is 8.09. The summed E-state index contributed by atoms with van der Waals surface area (Å²) in [6, 6.07) is 8.07. The second kappa shape index (κ2) is 11.5. The van der Waals surface area contributed by atoms with Crippen molar-refractivity contribution in [2.45, 2.75) is 60.5 Å². The molecule has 0 aromatic heterocycles. The van der Waals surface area contributed by atoms with E-state index in [1.807, 2.05) is 12.1 Å². The normalized spacial score (nSPS) is 25.8. The van der Waals surface area contributed by atoms with Gasteiger partial charge in [0.1, 0.15) is 0 Å². The van der Waals surface area contributed by atoms with Crippen LogP contribution in [0.1, 0.15) is 49.7 Å². The molecule has 0 amide bonds. The summed E-state index contributed by atoms with van der Waals surface area (Å²) in [4.78, 5) is 0. The van der Waals surface area contributed by atoms with Crippen molar-refractivity contribution < 1.29 is 29.4 Å². The van der Waals surface area contributed by atoms with Gasteiger partial charge in [-0.3, -0.25) is 0 Å². The molecule has 1 aliphatic carbocycles. The third-order valence-electron chi connectivity index (χ3n) is 5.92. The number of hydrogen-bond acceptors (Lipinski definition) is 2. The molecule has 1 fully saturated rings. The van der Waals surface area contributed by atoms with Crippen LogP contribution in [0.15, 0.2) is 42.2 Å². The molecule has 2 nitrogen and oxygen atoms in total. The van der Waals surface area contributed by atoms with E-state index in [9.17, 15) is 10.2 Å². The number of aromatic hydroxyl groups is 2. The van der Waals surface area contributed by atoms with Crippen LogP contribution < -0.4 is 0 Å². The van der Waals surface area contributed by atoms with Crippen molar-refractivity contribution in [1.82, 2.24) is 0 Å². The zero-order chi connectivity index (χ0) is 22.1. The molecule has 1 saturated carbocycles. The molecule has 3 unspecified atom stereocenters. The Morgan fingerprint density at radius 1 is 0.710 bits per heavy atom. The van der Waals surface area contributed by atoms with E-state index < -0.39 is 19.2 Å². The number of rotatable bonds is 4. The van der Waals surface area contributed by atoms with Crippen LogP contribution in [0.4, 0.5) is 0 Å². The van der Waals surface area contributed by atoms with Gasteiger partial charge in [0.25, 0.3) is 0 Å². The maximum atomic E-state index is 10.7. The average molecular weight is 795 g/mol. The number of phenols is 2. The summed E-state index contributed by atoms with van der Waals surface area (Å²) in [6.45, 7) is 0. The molecule has 2 aromatic carbocycles. The van der Waals surface area contributed by atoms with Gasteiger partial charge in [0, 0.05) is 0 Å². The van der Waals surface area contributed by atoms with Gasteiger partial charge < -0.3 is 0 Å². The minimum absolute atomic E-state index is 0.414. The third kappa shape index (κ3) is 6.22. The fourth-order valence-electron chi connectivity index (χ4n) is 4.40. The Hall–Kier alpha value is 1.54. The fraction of sp³-hybridized carbons (Fsp3) is 0.455. The molecule has 1 aliphatic heterocycles. The molecule has 0 saturated heterocycles. The maximum absolute atomic E-state index is 10.7. The molecular weight excluding hydrogens is 771 g/mol. The summed E-state index contributed by atoms with van der Waals surface area (Å²) in [5.74, 6) is 2.87. The molecular formula is C22H24Br4O2S2Zr. The van der Waals surface area contributed by atoms with Crippen LogP contribution in [0, 0.1) is 0 Å². The van der Waals surface area contributed by atoms with Gasteiger partial charge in [0.2, 0.25) is 0 Å². The van der Waals surface area contributed by atoms with Crippen LogP contribution in [-0.2, 0) is 30.7 Å². The molecule has 0 bridgehead atoms. The van der Waals surface area contributed by atoms with Gasteiger partial charge in [-0.25, -0.2) is 0 Å². The molecule has 1 heterocycles. The van der Waals surface area contributed by atoms with E-state index in [1.54, 1.807) is 0 Å². The monoisotopic (exact) mass is 790 g/mol. The first kappa shape index (κ1) is 25.6. The van der Waals surface area contributed by atoms with Gasteiger partial charge in [-0.05, 0) is 0 Å². The molecule has 2 N–H and O–H groups in total. The van der Waals surface area contributed by atoms with Gasteiger partial charge in [-0.15, -0.1) is 0 Å². The van der Waals surface area contributed by atoms with Crippen molar-refractivity contribution >= 4 is 78.0 Å². The van der Waals surface area contributed by atoms with E-state index in [0.717, 1.165) is 51.0 Å². The molecule has 9 heteroatoms. The third-order valence-corrected chi connectivity index (χ3v) is 29.8. The molecule has 0 spiro atoms. The standard InChI is InChI=1S/C22H24Br4O2S2.Zr/c23-15-7-13(21(27)17(25)9-15)11-29-19-5-3-1-2-4-6-20(19)30-12-14-8-16(24)10-18(26)22(14)28;/h7-10,19-20,27-28H,1-6,11-12H2;/t19-,20?;/m0./s1. The van der Waals surface area contributed by atoms with Crippen LogP contribution in [0.25, 0.3) is 0 Å². The first-order valence-corrected chi connectivity index (χ1v) is 22.4. The quantitative estimate of drug-likeness (QED) is 0.324. The SMILES string of the molecule is Oc1c(Br)cc(Br)cc1C[S]1=[Zr]=[S](Cc2cc(Br)cc(Br)c2O)[C@H]2CCCCCCC21. The van der Waals surface area contributed by atoms with E-state index in [0.29, 0.717) is 25.7 Å². The topological polar surface area (TPSA) is 40.5 Å². The van der Waals surface area contributed by atoms with E-state index in [1.165, 1.54) is 38.5 Å². The molecule has 4 atom stereocenters. The Balaban J connectivity index is 1.72. The summed E-state index contributed by atoms with van der Waals surface area (Å²) in [7, 11) is 0.828. The van der Waals surface area contributed by atoms with Crippen LogP contribution in [0.2, 0.25) is 0 Å². The van der Waals surface area contributed by atoms with Crippen LogP contribution in [0.3, 0.4) is 0 Å². The summed E-state index contributed by atoms with van der Waals surface area (Å²) in [5, 5.41) is 23.0. The van der Waals surface area contributed by atoms with Gasteiger partial charge in [0.05, 0.1) is 0 Å². The van der Waals surface area contributed by atoms with Crippen molar-refractivity contribution in [3.63, 3.8) is 0 Å². The Labute approximate surface area is 229 Å². The molecule has 0 radical (unpaired) electrons. The predicted octanol–water partition coefficient (Wildman–Crippen LogP) is 9.40. The Morgan fingerprint density at radius 2 is 1.13 bits per heavy atom.